The standard InChI is InChI=1S/C26H26BrNO3/c27-21-15-13-20(14-16-21)25(28-17-7-6-11-23(28)26(29)30)22-10-4-5-12-24(22)31-18-19-8-2-1-3-9-19/h1-5,8-10,12-16,23,25H,6-7,11,17-18H2,(H,29,30). The molecule has 0 saturated carbocycles. The number of carboxylic acids is 1. The molecule has 1 N–H and O–H groups in total. The van der Waals surface area contributed by atoms with Crippen LogP contribution in [0.1, 0.15) is 42.0 Å². The summed E-state index contributed by atoms with van der Waals surface area (Å²) in [6.45, 7) is 1.21. The molecule has 31 heavy (non-hydrogen) atoms. The SMILES string of the molecule is O=C(O)C1CCCCN1C(c1ccc(Br)cc1)c1ccccc1OCc1ccccc1. The molecule has 2 unspecified atom stereocenters. The maximum absolute atomic E-state index is 12.1. The third-order valence-electron chi connectivity index (χ3n) is 5.80. The molecule has 3 aromatic carbocycles. The summed E-state index contributed by atoms with van der Waals surface area (Å²) in [5, 5.41) is 9.94. The Morgan fingerprint density at radius 1 is 1.00 bits per heavy atom. The number of aliphatic carboxylic acids is 1. The van der Waals surface area contributed by atoms with E-state index in [1.54, 1.807) is 0 Å². The van der Waals surface area contributed by atoms with Gasteiger partial charge in [-0.2, -0.15) is 0 Å². The molecule has 1 saturated heterocycles. The average Bonchev–Trinajstić information content (AvgIpc) is 2.81. The highest BCUT2D eigenvalue weighted by atomic mass is 79.9. The average molecular weight is 480 g/mol. The highest BCUT2D eigenvalue weighted by molar-refractivity contribution is 9.10. The number of rotatable bonds is 7. The van der Waals surface area contributed by atoms with E-state index in [2.05, 4.69) is 39.0 Å². The number of carboxylic acid groups (broad SMARTS) is 1. The van der Waals surface area contributed by atoms with Crippen LogP contribution in [0, 0.1) is 0 Å². The van der Waals surface area contributed by atoms with Crippen molar-refractivity contribution < 1.29 is 14.6 Å². The minimum atomic E-state index is -0.760. The van der Waals surface area contributed by atoms with Crippen molar-refractivity contribution in [1.82, 2.24) is 4.90 Å². The van der Waals surface area contributed by atoms with Crippen LogP contribution >= 0.6 is 15.9 Å². The molecule has 1 fully saturated rings. The lowest BCUT2D eigenvalue weighted by atomic mass is 9.91. The Morgan fingerprint density at radius 3 is 2.45 bits per heavy atom. The summed E-state index contributed by atoms with van der Waals surface area (Å²) in [7, 11) is 0. The van der Waals surface area contributed by atoms with Crippen molar-refractivity contribution in [3.63, 3.8) is 0 Å². The van der Waals surface area contributed by atoms with Gasteiger partial charge in [0, 0.05) is 10.0 Å². The first-order valence-electron chi connectivity index (χ1n) is 10.6. The molecule has 0 aliphatic carbocycles. The zero-order chi connectivity index (χ0) is 21.6. The van der Waals surface area contributed by atoms with Gasteiger partial charge in [0.2, 0.25) is 0 Å². The van der Waals surface area contributed by atoms with E-state index < -0.39 is 12.0 Å². The molecule has 1 aliphatic rings. The number of benzene rings is 3. The molecule has 1 aliphatic heterocycles. The van der Waals surface area contributed by atoms with Crippen molar-refractivity contribution in [2.24, 2.45) is 0 Å². The second kappa shape index (κ2) is 10.1. The molecule has 0 spiro atoms. The third-order valence-corrected chi connectivity index (χ3v) is 6.33. The van der Waals surface area contributed by atoms with Crippen LogP contribution in [0.25, 0.3) is 0 Å². The number of carbonyl (C=O) groups is 1. The number of para-hydroxylation sites is 1. The van der Waals surface area contributed by atoms with Gasteiger partial charge < -0.3 is 9.84 Å². The predicted molar refractivity (Wildman–Crippen MR) is 125 cm³/mol. The molecule has 4 nitrogen and oxygen atoms in total. The predicted octanol–water partition coefficient (Wildman–Crippen LogP) is 6.06. The summed E-state index contributed by atoms with van der Waals surface area (Å²) < 4.78 is 7.25. The molecule has 0 aromatic heterocycles. The quantitative estimate of drug-likeness (QED) is 0.447. The minimum Gasteiger partial charge on any atom is -0.489 e. The number of likely N-dealkylation sites (tertiary alicyclic amines) is 1. The van der Waals surface area contributed by atoms with E-state index in [4.69, 9.17) is 4.74 Å². The summed E-state index contributed by atoms with van der Waals surface area (Å²) in [4.78, 5) is 14.2. The van der Waals surface area contributed by atoms with Gasteiger partial charge in [0.05, 0.1) is 6.04 Å². The van der Waals surface area contributed by atoms with Crippen molar-refractivity contribution >= 4 is 21.9 Å². The molecule has 0 amide bonds. The molecule has 1 heterocycles. The lowest BCUT2D eigenvalue weighted by Gasteiger charge is -2.40. The van der Waals surface area contributed by atoms with E-state index in [0.29, 0.717) is 13.0 Å². The van der Waals surface area contributed by atoms with E-state index in [-0.39, 0.29) is 6.04 Å². The largest absolute Gasteiger partial charge is 0.489 e. The minimum absolute atomic E-state index is 0.193. The van der Waals surface area contributed by atoms with Crippen LogP contribution in [0.5, 0.6) is 5.75 Å². The lowest BCUT2D eigenvalue weighted by Crippen LogP contribution is -2.46. The number of ether oxygens (including phenoxy) is 1. The van der Waals surface area contributed by atoms with E-state index in [0.717, 1.165) is 46.3 Å². The molecular weight excluding hydrogens is 454 g/mol. The Morgan fingerprint density at radius 2 is 1.71 bits per heavy atom. The van der Waals surface area contributed by atoms with Crippen molar-refractivity contribution in [2.45, 2.75) is 38.0 Å². The summed E-state index contributed by atoms with van der Waals surface area (Å²) in [5.41, 5.74) is 3.15. The van der Waals surface area contributed by atoms with E-state index in [9.17, 15) is 9.90 Å². The molecule has 160 valence electrons. The summed E-state index contributed by atoms with van der Waals surface area (Å²) in [6.07, 6.45) is 2.59. The van der Waals surface area contributed by atoms with Crippen LogP contribution in [-0.2, 0) is 11.4 Å². The summed E-state index contributed by atoms with van der Waals surface area (Å²) >= 11 is 3.51. The normalized spacial score (nSPS) is 17.8. The fourth-order valence-electron chi connectivity index (χ4n) is 4.30. The van der Waals surface area contributed by atoms with Gasteiger partial charge >= 0.3 is 5.97 Å². The maximum atomic E-state index is 12.1. The molecule has 0 bridgehead atoms. The number of hydrogen-bond acceptors (Lipinski definition) is 3. The topological polar surface area (TPSA) is 49.8 Å². The first-order chi connectivity index (χ1) is 15.1. The van der Waals surface area contributed by atoms with Crippen LogP contribution < -0.4 is 4.74 Å². The van der Waals surface area contributed by atoms with E-state index in [1.807, 2.05) is 60.7 Å². The third kappa shape index (κ3) is 5.17. The molecule has 4 rings (SSSR count). The van der Waals surface area contributed by atoms with Gasteiger partial charge in [0.15, 0.2) is 0 Å². The summed E-state index contributed by atoms with van der Waals surface area (Å²) in [6, 6.07) is 25.5. The maximum Gasteiger partial charge on any atom is 0.320 e. The van der Waals surface area contributed by atoms with Crippen LogP contribution in [0.3, 0.4) is 0 Å². The van der Waals surface area contributed by atoms with Crippen LogP contribution in [-0.4, -0.2) is 28.6 Å². The van der Waals surface area contributed by atoms with Crippen LogP contribution in [0.4, 0.5) is 0 Å². The Labute approximate surface area is 191 Å². The number of nitrogens with zero attached hydrogens (tertiary/aromatic N) is 1. The zero-order valence-corrected chi connectivity index (χ0v) is 18.9. The Balaban J connectivity index is 1.73. The molecule has 0 radical (unpaired) electrons. The van der Waals surface area contributed by atoms with Crippen molar-refractivity contribution in [3.8, 4) is 5.75 Å². The van der Waals surface area contributed by atoms with Crippen molar-refractivity contribution in [2.75, 3.05) is 6.54 Å². The Kier molecular flexibility index (Phi) is 7.05. The van der Waals surface area contributed by atoms with Gasteiger partial charge in [-0.25, -0.2) is 0 Å². The van der Waals surface area contributed by atoms with Gasteiger partial charge in [0.25, 0.3) is 0 Å². The number of halogens is 1. The first kappa shape index (κ1) is 21.6. The number of hydrogen-bond donors (Lipinski definition) is 1. The Hall–Kier alpha value is -2.63. The monoisotopic (exact) mass is 479 g/mol. The molecular formula is C26H26BrNO3. The van der Waals surface area contributed by atoms with Crippen LogP contribution in [0.15, 0.2) is 83.3 Å². The zero-order valence-electron chi connectivity index (χ0n) is 17.3. The van der Waals surface area contributed by atoms with Crippen molar-refractivity contribution in [1.29, 1.82) is 0 Å². The fourth-order valence-corrected chi connectivity index (χ4v) is 4.56. The molecule has 2 atom stereocenters. The Bertz CT molecular complexity index is 1010. The van der Waals surface area contributed by atoms with E-state index >= 15 is 0 Å². The van der Waals surface area contributed by atoms with Gasteiger partial charge in [-0.05, 0) is 48.7 Å². The van der Waals surface area contributed by atoms with E-state index in [1.165, 1.54) is 0 Å². The highest BCUT2D eigenvalue weighted by Crippen LogP contribution is 2.39. The molecule has 3 aromatic rings. The van der Waals surface area contributed by atoms with Gasteiger partial charge in [0.1, 0.15) is 18.4 Å². The number of piperidine rings is 1. The smallest absolute Gasteiger partial charge is 0.320 e. The van der Waals surface area contributed by atoms with Gasteiger partial charge in [-0.15, -0.1) is 0 Å². The first-order valence-corrected chi connectivity index (χ1v) is 11.4. The van der Waals surface area contributed by atoms with Crippen LogP contribution in [0.2, 0.25) is 0 Å². The van der Waals surface area contributed by atoms with Gasteiger partial charge in [-0.1, -0.05) is 83.0 Å². The second-order valence-corrected chi connectivity index (χ2v) is 8.77. The molecule has 5 heteroatoms. The highest BCUT2D eigenvalue weighted by Gasteiger charge is 2.36. The van der Waals surface area contributed by atoms with Gasteiger partial charge in [-0.3, -0.25) is 9.69 Å². The fraction of sp³-hybridized carbons (Fsp3) is 0.269. The lowest BCUT2D eigenvalue weighted by molar-refractivity contribution is -0.145. The second-order valence-electron chi connectivity index (χ2n) is 7.85. The van der Waals surface area contributed by atoms with Crippen molar-refractivity contribution in [3.05, 3.63) is 100 Å². The summed E-state index contributed by atoms with van der Waals surface area (Å²) in [5.74, 6) is 0.0264.